The maximum atomic E-state index is 12.6. The number of aromatic nitrogens is 1. The van der Waals surface area contributed by atoms with Gasteiger partial charge >= 0.3 is 0 Å². The summed E-state index contributed by atoms with van der Waals surface area (Å²) < 4.78 is 0.874. The molecule has 0 aliphatic heterocycles. The third-order valence-electron chi connectivity index (χ3n) is 3.48. The van der Waals surface area contributed by atoms with Crippen molar-refractivity contribution in [2.75, 3.05) is 0 Å². The molecule has 0 spiro atoms. The van der Waals surface area contributed by atoms with Crippen LogP contribution in [0.3, 0.4) is 0 Å². The lowest BCUT2D eigenvalue weighted by molar-refractivity contribution is 0.0942. The molecule has 23 heavy (non-hydrogen) atoms. The van der Waals surface area contributed by atoms with Crippen molar-refractivity contribution in [1.29, 1.82) is 0 Å². The Morgan fingerprint density at radius 3 is 2.43 bits per heavy atom. The summed E-state index contributed by atoms with van der Waals surface area (Å²) in [4.78, 5) is 17.0. The summed E-state index contributed by atoms with van der Waals surface area (Å²) in [7, 11) is 0. The number of pyridine rings is 1. The molecule has 1 N–H and O–H groups in total. The summed E-state index contributed by atoms with van der Waals surface area (Å²) in [5.41, 5.74) is 2.41. The van der Waals surface area contributed by atoms with Gasteiger partial charge in [0, 0.05) is 16.2 Å². The standard InChI is InChI=1S/C19H15BrN2O/c20-16-10-6-9-15(13-16)19(23)22-18(14-7-2-1-3-8-14)17-11-4-5-12-21-17/h1-13,18H,(H,22,23). The average Bonchev–Trinajstić information content (AvgIpc) is 2.61. The summed E-state index contributed by atoms with van der Waals surface area (Å²) in [5, 5.41) is 3.07. The van der Waals surface area contributed by atoms with Gasteiger partial charge in [-0.1, -0.05) is 58.4 Å². The molecule has 0 radical (unpaired) electrons. The molecule has 1 atom stereocenters. The van der Waals surface area contributed by atoms with E-state index >= 15 is 0 Å². The van der Waals surface area contributed by atoms with Gasteiger partial charge in [-0.05, 0) is 35.9 Å². The Hall–Kier alpha value is -2.46. The number of nitrogens with one attached hydrogen (secondary N) is 1. The molecule has 0 saturated heterocycles. The van der Waals surface area contributed by atoms with Gasteiger partial charge in [0.25, 0.3) is 5.91 Å². The Morgan fingerprint density at radius 1 is 0.957 bits per heavy atom. The normalized spacial score (nSPS) is 11.7. The van der Waals surface area contributed by atoms with E-state index < -0.39 is 0 Å². The Bertz CT molecular complexity index is 751. The molecule has 3 nitrogen and oxygen atoms in total. The molecule has 1 aromatic heterocycles. The Balaban J connectivity index is 1.92. The number of halogens is 1. The third kappa shape index (κ3) is 3.85. The molecule has 1 amide bonds. The molecule has 3 aromatic rings. The molecule has 0 saturated carbocycles. The summed E-state index contributed by atoms with van der Waals surface area (Å²) in [6.07, 6.45) is 1.73. The molecule has 114 valence electrons. The van der Waals surface area contributed by atoms with Gasteiger partial charge in [0.1, 0.15) is 0 Å². The minimum absolute atomic E-state index is 0.134. The zero-order chi connectivity index (χ0) is 16.1. The number of hydrogen-bond acceptors (Lipinski definition) is 2. The van der Waals surface area contributed by atoms with Crippen LogP contribution in [0, 0.1) is 0 Å². The molecule has 3 rings (SSSR count). The van der Waals surface area contributed by atoms with Crippen LogP contribution in [0.25, 0.3) is 0 Å². The molecule has 2 aromatic carbocycles. The van der Waals surface area contributed by atoms with Gasteiger partial charge in [0.05, 0.1) is 11.7 Å². The molecular formula is C19H15BrN2O. The van der Waals surface area contributed by atoms with Gasteiger partial charge in [-0.3, -0.25) is 9.78 Å². The summed E-state index contributed by atoms with van der Waals surface area (Å²) in [6, 6.07) is 22.6. The van der Waals surface area contributed by atoms with Crippen molar-refractivity contribution in [3.63, 3.8) is 0 Å². The zero-order valence-corrected chi connectivity index (χ0v) is 13.9. The number of carbonyl (C=O) groups is 1. The maximum Gasteiger partial charge on any atom is 0.252 e. The van der Waals surface area contributed by atoms with E-state index in [1.165, 1.54) is 0 Å². The fraction of sp³-hybridized carbons (Fsp3) is 0.0526. The van der Waals surface area contributed by atoms with E-state index in [0.29, 0.717) is 5.56 Å². The molecule has 0 fully saturated rings. The van der Waals surface area contributed by atoms with Crippen molar-refractivity contribution in [2.45, 2.75) is 6.04 Å². The van der Waals surface area contributed by atoms with E-state index in [9.17, 15) is 4.79 Å². The van der Waals surface area contributed by atoms with Gasteiger partial charge in [-0.2, -0.15) is 0 Å². The van der Waals surface area contributed by atoms with E-state index in [0.717, 1.165) is 15.7 Å². The van der Waals surface area contributed by atoms with Crippen molar-refractivity contribution in [2.24, 2.45) is 0 Å². The highest BCUT2D eigenvalue weighted by atomic mass is 79.9. The van der Waals surface area contributed by atoms with Crippen molar-refractivity contribution >= 4 is 21.8 Å². The molecule has 1 unspecified atom stereocenters. The molecule has 1 heterocycles. The first-order valence-corrected chi connectivity index (χ1v) is 8.05. The highest BCUT2D eigenvalue weighted by Crippen LogP contribution is 2.21. The lowest BCUT2D eigenvalue weighted by atomic mass is 10.0. The summed E-state index contributed by atoms with van der Waals surface area (Å²) in [6.45, 7) is 0. The monoisotopic (exact) mass is 366 g/mol. The second kappa shape index (κ2) is 7.20. The minimum Gasteiger partial charge on any atom is -0.340 e. The predicted octanol–water partition coefficient (Wildman–Crippen LogP) is 4.36. The first-order valence-electron chi connectivity index (χ1n) is 7.26. The average molecular weight is 367 g/mol. The largest absolute Gasteiger partial charge is 0.340 e. The third-order valence-corrected chi connectivity index (χ3v) is 3.97. The minimum atomic E-state index is -0.288. The van der Waals surface area contributed by atoms with Crippen LogP contribution in [-0.2, 0) is 0 Å². The second-order valence-electron chi connectivity index (χ2n) is 5.08. The maximum absolute atomic E-state index is 12.6. The lowest BCUT2D eigenvalue weighted by Gasteiger charge is -2.19. The quantitative estimate of drug-likeness (QED) is 0.744. The van der Waals surface area contributed by atoms with E-state index in [4.69, 9.17) is 0 Å². The fourth-order valence-corrected chi connectivity index (χ4v) is 2.76. The van der Waals surface area contributed by atoms with Crippen LogP contribution in [0.4, 0.5) is 0 Å². The Kier molecular flexibility index (Phi) is 4.83. The van der Waals surface area contributed by atoms with Crippen molar-refractivity contribution in [3.8, 4) is 0 Å². The van der Waals surface area contributed by atoms with E-state index in [1.54, 1.807) is 18.3 Å². The van der Waals surface area contributed by atoms with Crippen LogP contribution in [0.15, 0.2) is 83.5 Å². The number of nitrogens with zero attached hydrogens (tertiary/aromatic N) is 1. The Labute approximate surface area is 143 Å². The van der Waals surface area contributed by atoms with Crippen molar-refractivity contribution in [1.82, 2.24) is 10.3 Å². The SMILES string of the molecule is O=C(NC(c1ccccc1)c1ccccn1)c1cccc(Br)c1. The van der Waals surface area contributed by atoms with Crippen LogP contribution < -0.4 is 5.32 Å². The highest BCUT2D eigenvalue weighted by molar-refractivity contribution is 9.10. The number of hydrogen-bond donors (Lipinski definition) is 1. The van der Waals surface area contributed by atoms with E-state index in [1.807, 2.05) is 60.7 Å². The first-order chi connectivity index (χ1) is 11.2. The van der Waals surface area contributed by atoms with Gasteiger partial charge in [0.15, 0.2) is 0 Å². The first kappa shape index (κ1) is 15.4. The summed E-state index contributed by atoms with van der Waals surface area (Å²) in [5.74, 6) is -0.134. The summed E-state index contributed by atoms with van der Waals surface area (Å²) >= 11 is 3.39. The van der Waals surface area contributed by atoms with Gasteiger partial charge in [-0.15, -0.1) is 0 Å². The van der Waals surface area contributed by atoms with Gasteiger partial charge < -0.3 is 5.32 Å². The van der Waals surface area contributed by atoms with Crippen LogP contribution in [0.1, 0.15) is 27.7 Å². The molecule has 0 aliphatic carbocycles. The fourth-order valence-electron chi connectivity index (χ4n) is 2.36. The highest BCUT2D eigenvalue weighted by Gasteiger charge is 2.18. The van der Waals surface area contributed by atoms with Crippen LogP contribution >= 0.6 is 15.9 Å². The van der Waals surface area contributed by atoms with Gasteiger partial charge in [-0.25, -0.2) is 0 Å². The second-order valence-corrected chi connectivity index (χ2v) is 6.00. The zero-order valence-electron chi connectivity index (χ0n) is 12.3. The smallest absolute Gasteiger partial charge is 0.252 e. The van der Waals surface area contributed by atoms with Crippen molar-refractivity contribution < 1.29 is 4.79 Å². The number of amides is 1. The Morgan fingerprint density at radius 2 is 1.74 bits per heavy atom. The predicted molar refractivity (Wildman–Crippen MR) is 94.1 cm³/mol. The molecular weight excluding hydrogens is 352 g/mol. The molecule has 4 heteroatoms. The van der Waals surface area contributed by atoms with E-state index in [2.05, 4.69) is 26.2 Å². The van der Waals surface area contributed by atoms with Crippen LogP contribution in [0.2, 0.25) is 0 Å². The number of benzene rings is 2. The van der Waals surface area contributed by atoms with E-state index in [-0.39, 0.29) is 11.9 Å². The van der Waals surface area contributed by atoms with Gasteiger partial charge in [0.2, 0.25) is 0 Å². The van der Waals surface area contributed by atoms with Crippen molar-refractivity contribution in [3.05, 3.63) is 100 Å². The number of rotatable bonds is 4. The van der Waals surface area contributed by atoms with Crippen LogP contribution in [0.5, 0.6) is 0 Å². The lowest BCUT2D eigenvalue weighted by Crippen LogP contribution is -2.29. The number of carbonyl (C=O) groups excluding carboxylic acids is 1. The topological polar surface area (TPSA) is 42.0 Å². The molecule has 0 bridgehead atoms. The molecule has 0 aliphatic rings. The van der Waals surface area contributed by atoms with Crippen LogP contribution in [-0.4, -0.2) is 10.9 Å².